The van der Waals surface area contributed by atoms with Crippen molar-refractivity contribution in [2.24, 2.45) is 0 Å². The summed E-state index contributed by atoms with van der Waals surface area (Å²) in [5, 5.41) is 11.3. The molecule has 0 amide bonds. The maximum absolute atomic E-state index is 2.45. The van der Waals surface area contributed by atoms with E-state index in [1.807, 2.05) is 0 Å². The van der Waals surface area contributed by atoms with Crippen LogP contribution in [-0.2, 0) is 12.8 Å². The lowest BCUT2D eigenvalue weighted by Crippen LogP contribution is -1.99. The summed E-state index contributed by atoms with van der Waals surface area (Å²) >= 11 is 0. The van der Waals surface area contributed by atoms with Crippen molar-refractivity contribution in [2.75, 3.05) is 0 Å². The molecule has 0 atom stereocenters. The van der Waals surface area contributed by atoms with Gasteiger partial charge >= 0.3 is 0 Å². The van der Waals surface area contributed by atoms with Crippen LogP contribution in [0.5, 0.6) is 0 Å². The van der Waals surface area contributed by atoms with Crippen LogP contribution in [0.2, 0.25) is 0 Å². The van der Waals surface area contributed by atoms with Gasteiger partial charge in [0, 0.05) is 0 Å². The van der Waals surface area contributed by atoms with Crippen molar-refractivity contribution in [1.82, 2.24) is 0 Å². The molecule has 7 rings (SSSR count). The summed E-state index contributed by atoms with van der Waals surface area (Å²) in [6, 6.07) is 22.7. The third kappa shape index (κ3) is 1.44. The zero-order valence-electron chi connectivity index (χ0n) is 13.3. The Kier molecular flexibility index (Phi) is 2.28. The number of rotatable bonds is 0. The van der Waals surface area contributed by atoms with Crippen LogP contribution in [0, 0.1) is 0 Å². The fourth-order valence-corrected chi connectivity index (χ4v) is 4.61. The Bertz CT molecular complexity index is 1130. The average molecular weight is 304 g/mol. The smallest absolute Gasteiger partial charge is 0.00200 e. The van der Waals surface area contributed by atoms with E-state index in [0.717, 1.165) is 12.8 Å². The quantitative estimate of drug-likeness (QED) is 0.229. The Morgan fingerprint density at radius 1 is 0.458 bits per heavy atom. The van der Waals surface area contributed by atoms with Crippen molar-refractivity contribution < 1.29 is 0 Å². The molecule has 0 aliphatic heterocycles. The predicted molar refractivity (Wildman–Crippen MR) is 104 cm³/mol. The van der Waals surface area contributed by atoms with Crippen LogP contribution < -0.4 is 0 Å². The van der Waals surface area contributed by atoms with E-state index >= 15 is 0 Å². The standard InChI is InChI=1S/C24H16/c1-2-8-16-14-22-21(13-15(16)7-1)23-17-9-3-5-11-19(17)24(22)20-12-6-4-10-18(20)23/h1-6,9-14H,7-8H2. The van der Waals surface area contributed by atoms with E-state index in [9.17, 15) is 0 Å². The van der Waals surface area contributed by atoms with Gasteiger partial charge in [0.25, 0.3) is 0 Å². The Hall–Kier alpha value is -2.86. The summed E-state index contributed by atoms with van der Waals surface area (Å²) < 4.78 is 0. The van der Waals surface area contributed by atoms with E-state index in [4.69, 9.17) is 0 Å². The second-order valence-electron chi connectivity index (χ2n) is 6.89. The van der Waals surface area contributed by atoms with Crippen LogP contribution in [-0.4, -0.2) is 0 Å². The molecule has 0 heteroatoms. The molecule has 6 aromatic rings. The minimum Gasteiger partial charge on any atom is -0.0838 e. The van der Waals surface area contributed by atoms with Crippen LogP contribution in [0.25, 0.3) is 43.1 Å². The monoisotopic (exact) mass is 304 g/mol. The minimum atomic E-state index is 1.06. The molecule has 0 fully saturated rings. The first-order valence-corrected chi connectivity index (χ1v) is 8.67. The second-order valence-corrected chi connectivity index (χ2v) is 6.89. The Morgan fingerprint density at radius 2 is 0.833 bits per heavy atom. The van der Waals surface area contributed by atoms with Crippen molar-refractivity contribution in [3.8, 4) is 0 Å². The highest BCUT2D eigenvalue weighted by molar-refractivity contribution is 6.40. The molecule has 0 unspecified atom stereocenters. The Balaban J connectivity index is 1.98. The van der Waals surface area contributed by atoms with E-state index < -0.39 is 0 Å². The fraction of sp³-hybridized carbons (Fsp3) is 0.0833. The van der Waals surface area contributed by atoms with E-state index in [1.54, 1.807) is 0 Å². The van der Waals surface area contributed by atoms with Gasteiger partial charge in [-0.2, -0.15) is 0 Å². The SMILES string of the molecule is C1=CCc2cc3c(cc2C1)c1c2ccccc2c3c2ccccc21. The number of fused-ring (bicyclic) bond motifs is 1. The van der Waals surface area contributed by atoms with E-state index in [2.05, 4.69) is 72.8 Å². The van der Waals surface area contributed by atoms with Gasteiger partial charge in [-0.15, -0.1) is 0 Å². The highest BCUT2D eigenvalue weighted by Crippen LogP contribution is 2.45. The van der Waals surface area contributed by atoms with Crippen molar-refractivity contribution in [2.45, 2.75) is 12.8 Å². The Morgan fingerprint density at radius 3 is 1.21 bits per heavy atom. The maximum Gasteiger partial charge on any atom is -0.00200 e. The molecule has 0 aromatic heterocycles. The summed E-state index contributed by atoms with van der Waals surface area (Å²) in [4.78, 5) is 0. The van der Waals surface area contributed by atoms with Gasteiger partial charge in [0.05, 0.1) is 0 Å². The summed E-state index contributed by atoms with van der Waals surface area (Å²) in [5.74, 6) is 0. The van der Waals surface area contributed by atoms with Crippen molar-refractivity contribution in [3.63, 3.8) is 0 Å². The molecule has 1 aliphatic rings. The highest BCUT2D eigenvalue weighted by atomic mass is 14.2. The van der Waals surface area contributed by atoms with E-state index in [-0.39, 0.29) is 0 Å². The molecule has 0 nitrogen and oxygen atoms in total. The number of benzene rings is 6. The molecule has 0 radical (unpaired) electrons. The van der Waals surface area contributed by atoms with E-state index in [1.165, 1.54) is 54.2 Å². The summed E-state index contributed by atoms with van der Waals surface area (Å²) in [6.07, 6.45) is 6.73. The zero-order chi connectivity index (χ0) is 15.7. The third-order valence-corrected chi connectivity index (χ3v) is 5.65. The van der Waals surface area contributed by atoms with Gasteiger partial charge in [-0.1, -0.05) is 60.7 Å². The van der Waals surface area contributed by atoms with Gasteiger partial charge in [-0.05, 0) is 79.2 Å². The second kappa shape index (κ2) is 4.36. The van der Waals surface area contributed by atoms with Crippen LogP contribution in [0.15, 0.2) is 72.8 Å². The highest BCUT2D eigenvalue weighted by Gasteiger charge is 2.18. The topological polar surface area (TPSA) is 0 Å². The first kappa shape index (κ1) is 12.5. The van der Waals surface area contributed by atoms with Crippen LogP contribution >= 0.6 is 0 Å². The van der Waals surface area contributed by atoms with Crippen molar-refractivity contribution >= 4 is 43.1 Å². The molecule has 0 saturated carbocycles. The van der Waals surface area contributed by atoms with Gasteiger partial charge in [0.1, 0.15) is 0 Å². The number of allylic oxidation sites excluding steroid dienone is 2. The lowest BCUT2D eigenvalue weighted by atomic mass is 9.83. The fourth-order valence-electron chi connectivity index (χ4n) is 4.61. The molecule has 0 heterocycles. The summed E-state index contributed by atoms with van der Waals surface area (Å²) in [7, 11) is 0. The van der Waals surface area contributed by atoms with Crippen LogP contribution in [0.3, 0.4) is 0 Å². The van der Waals surface area contributed by atoms with Gasteiger partial charge in [0.2, 0.25) is 0 Å². The average Bonchev–Trinajstić information content (AvgIpc) is 2.66. The van der Waals surface area contributed by atoms with Crippen molar-refractivity contribution in [3.05, 3.63) is 83.9 Å². The number of hydrogen-bond donors (Lipinski definition) is 0. The third-order valence-electron chi connectivity index (χ3n) is 5.65. The Labute approximate surface area is 140 Å². The summed E-state index contributed by atoms with van der Waals surface area (Å²) in [5.41, 5.74) is 2.98. The number of hydrogen-bond acceptors (Lipinski definition) is 0. The van der Waals surface area contributed by atoms with Crippen molar-refractivity contribution in [1.29, 1.82) is 0 Å². The lowest BCUT2D eigenvalue weighted by molar-refractivity contribution is 1.10. The molecular formula is C24H16. The summed E-state index contributed by atoms with van der Waals surface area (Å²) in [6.45, 7) is 0. The molecular weight excluding hydrogens is 288 g/mol. The molecule has 24 heavy (non-hydrogen) atoms. The predicted octanol–water partition coefficient (Wildman–Crippen LogP) is 6.39. The van der Waals surface area contributed by atoms with Gasteiger partial charge in [-0.25, -0.2) is 0 Å². The first-order valence-electron chi connectivity index (χ1n) is 8.67. The molecule has 6 aromatic carbocycles. The minimum absolute atomic E-state index is 1.06. The first-order chi connectivity index (χ1) is 11.9. The lowest BCUT2D eigenvalue weighted by Gasteiger charge is -2.20. The van der Waals surface area contributed by atoms with Crippen LogP contribution in [0.4, 0.5) is 0 Å². The molecule has 0 saturated heterocycles. The van der Waals surface area contributed by atoms with Gasteiger partial charge in [-0.3, -0.25) is 0 Å². The van der Waals surface area contributed by atoms with E-state index in [0.29, 0.717) is 0 Å². The van der Waals surface area contributed by atoms with Crippen LogP contribution in [0.1, 0.15) is 11.1 Å². The van der Waals surface area contributed by atoms with Gasteiger partial charge in [0.15, 0.2) is 0 Å². The normalized spacial score (nSPS) is 14.2. The maximum atomic E-state index is 2.45. The zero-order valence-corrected chi connectivity index (χ0v) is 13.3. The largest absolute Gasteiger partial charge is 0.0838 e. The molecule has 1 aliphatic carbocycles. The molecule has 112 valence electrons. The van der Waals surface area contributed by atoms with Gasteiger partial charge < -0.3 is 0 Å². The molecule has 0 spiro atoms. The molecule has 2 bridgehead atoms. The molecule has 0 N–H and O–H groups in total.